The molecule has 1 aromatic heterocycles. The maximum atomic E-state index is 4.81. The van der Waals surface area contributed by atoms with Crippen LogP contribution in [0.25, 0.3) is 0 Å². The zero-order valence-corrected chi connectivity index (χ0v) is 10.7. The van der Waals surface area contributed by atoms with Crippen LogP contribution in [0.4, 0.5) is 0 Å². The van der Waals surface area contributed by atoms with E-state index < -0.39 is 0 Å². The SMILES string of the molecule is CCNC(C)(CC)c1nc2c(s1)CCC2. The molecule has 0 fully saturated rings. The fourth-order valence-electron chi connectivity index (χ4n) is 2.17. The lowest BCUT2D eigenvalue weighted by Gasteiger charge is -2.26. The number of fused-ring (bicyclic) bond motifs is 1. The van der Waals surface area contributed by atoms with Gasteiger partial charge in [0.05, 0.1) is 11.2 Å². The molecule has 1 aromatic rings. The normalized spacial score (nSPS) is 18.9. The molecule has 15 heavy (non-hydrogen) atoms. The predicted molar refractivity (Wildman–Crippen MR) is 65.5 cm³/mol. The van der Waals surface area contributed by atoms with Crippen molar-refractivity contribution in [3.8, 4) is 0 Å². The molecule has 1 N–H and O–H groups in total. The minimum Gasteiger partial charge on any atom is -0.306 e. The Balaban J connectivity index is 2.27. The van der Waals surface area contributed by atoms with Crippen molar-refractivity contribution in [2.45, 2.75) is 52.0 Å². The highest BCUT2D eigenvalue weighted by Crippen LogP contribution is 2.34. The molecule has 1 heterocycles. The third kappa shape index (κ3) is 1.95. The summed E-state index contributed by atoms with van der Waals surface area (Å²) in [5, 5.41) is 4.85. The molecule has 3 heteroatoms. The Hall–Kier alpha value is -0.410. The van der Waals surface area contributed by atoms with Crippen LogP contribution in [0.15, 0.2) is 0 Å². The Bertz CT molecular complexity index is 324. The average Bonchev–Trinajstić information content (AvgIpc) is 2.77. The topological polar surface area (TPSA) is 24.9 Å². The molecule has 0 amide bonds. The van der Waals surface area contributed by atoms with Gasteiger partial charge in [0.2, 0.25) is 0 Å². The molecule has 1 unspecified atom stereocenters. The van der Waals surface area contributed by atoms with Crippen molar-refractivity contribution in [2.75, 3.05) is 6.54 Å². The largest absolute Gasteiger partial charge is 0.306 e. The molecule has 1 aliphatic rings. The number of hydrogen-bond donors (Lipinski definition) is 1. The highest BCUT2D eigenvalue weighted by molar-refractivity contribution is 7.12. The second kappa shape index (κ2) is 4.22. The van der Waals surface area contributed by atoms with E-state index in [0.29, 0.717) is 0 Å². The molecular formula is C12H20N2S. The van der Waals surface area contributed by atoms with Crippen molar-refractivity contribution in [3.63, 3.8) is 0 Å². The van der Waals surface area contributed by atoms with E-state index >= 15 is 0 Å². The molecule has 0 bridgehead atoms. The summed E-state index contributed by atoms with van der Waals surface area (Å²) in [6.45, 7) is 7.67. The van der Waals surface area contributed by atoms with Crippen LogP contribution in [0.2, 0.25) is 0 Å². The lowest BCUT2D eigenvalue weighted by molar-refractivity contribution is 0.361. The van der Waals surface area contributed by atoms with Crippen molar-refractivity contribution in [2.24, 2.45) is 0 Å². The van der Waals surface area contributed by atoms with Crippen LogP contribution >= 0.6 is 11.3 Å². The maximum Gasteiger partial charge on any atom is 0.113 e. The van der Waals surface area contributed by atoms with Gasteiger partial charge in [-0.3, -0.25) is 0 Å². The first kappa shape index (κ1) is 11.1. The van der Waals surface area contributed by atoms with Crippen molar-refractivity contribution >= 4 is 11.3 Å². The van der Waals surface area contributed by atoms with E-state index in [1.807, 2.05) is 11.3 Å². The average molecular weight is 224 g/mol. The predicted octanol–water partition coefficient (Wildman–Crippen LogP) is 2.87. The number of rotatable bonds is 4. The van der Waals surface area contributed by atoms with Gasteiger partial charge in [-0.1, -0.05) is 13.8 Å². The summed E-state index contributed by atoms with van der Waals surface area (Å²) in [6, 6.07) is 0. The lowest BCUT2D eigenvalue weighted by atomic mass is 10.00. The third-order valence-corrected chi connectivity index (χ3v) is 4.76. The van der Waals surface area contributed by atoms with Gasteiger partial charge in [0.15, 0.2) is 0 Å². The first-order valence-electron chi connectivity index (χ1n) is 5.93. The third-order valence-electron chi connectivity index (χ3n) is 3.34. The van der Waals surface area contributed by atoms with Crippen LogP contribution in [-0.4, -0.2) is 11.5 Å². The highest BCUT2D eigenvalue weighted by Gasteiger charge is 2.29. The van der Waals surface area contributed by atoms with Gasteiger partial charge in [0.25, 0.3) is 0 Å². The molecule has 1 atom stereocenters. The summed E-state index contributed by atoms with van der Waals surface area (Å²) >= 11 is 1.92. The number of nitrogens with zero attached hydrogens (tertiary/aromatic N) is 1. The smallest absolute Gasteiger partial charge is 0.113 e. The second-order valence-corrected chi connectivity index (χ2v) is 5.54. The summed E-state index contributed by atoms with van der Waals surface area (Å²) in [5.41, 5.74) is 1.46. The molecule has 0 aliphatic heterocycles. The molecule has 84 valence electrons. The van der Waals surface area contributed by atoms with Crippen LogP contribution in [0.1, 0.15) is 49.2 Å². The van der Waals surface area contributed by atoms with Crippen LogP contribution in [-0.2, 0) is 18.4 Å². The van der Waals surface area contributed by atoms with E-state index in [1.54, 1.807) is 0 Å². The number of hydrogen-bond acceptors (Lipinski definition) is 3. The highest BCUT2D eigenvalue weighted by atomic mass is 32.1. The standard InChI is InChI=1S/C12H20N2S/c1-4-12(3,13-5-2)11-14-9-7-6-8-10(9)15-11/h13H,4-8H2,1-3H3. The van der Waals surface area contributed by atoms with Gasteiger partial charge in [0, 0.05) is 4.88 Å². The summed E-state index contributed by atoms with van der Waals surface area (Å²) in [7, 11) is 0. The number of aryl methyl sites for hydroxylation is 2. The molecule has 2 nitrogen and oxygen atoms in total. The van der Waals surface area contributed by atoms with Gasteiger partial charge in [-0.2, -0.15) is 0 Å². The Kier molecular flexibility index (Phi) is 3.12. The number of nitrogens with one attached hydrogen (secondary N) is 1. The zero-order valence-electron chi connectivity index (χ0n) is 9.89. The monoisotopic (exact) mass is 224 g/mol. The summed E-state index contributed by atoms with van der Waals surface area (Å²) < 4.78 is 0. The Morgan fingerprint density at radius 3 is 2.80 bits per heavy atom. The lowest BCUT2D eigenvalue weighted by Crippen LogP contribution is -2.38. The molecule has 1 aliphatic carbocycles. The van der Waals surface area contributed by atoms with Crippen LogP contribution in [0.5, 0.6) is 0 Å². The zero-order chi connectivity index (χ0) is 10.9. The first-order valence-corrected chi connectivity index (χ1v) is 6.75. The quantitative estimate of drug-likeness (QED) is 0.850. The van der Waals surface area contributed by atoms with Crippen molar-refractivity contribution in [3.05, 3.63) is 15.6 Å². The number of thiazole rings is 1. The van der Waals surface area contributed by atoms with E-state index in [2.05, 4.69) is 26.1 Å². The second-order valence-electron chi connectivity index (χ2n) is 4.46. The van der Waals surface area contributed by atoms with Gasteiger partial charge in [-0.25, -0.2) is 4.98 Å². The molecule has 0 spiro atoms. The minimum absolute atomic E-state index is 0.0871. The Morgan fingerprint density at radius 2 is 2.20 bits per heavy atom. The summed E-state index contributed by atoms with van der Waals surface area (Å²) in [4.78, 5) is 6.34. The van der Waals surface area contributed by atoms with Crippen molar-refractivity contribution in [1.29, 1.82) is 0 Å². The van der Waals surface area contributed by atoms with Crippen molar-refractivity contribution < 1.29 is 0 Å². The Labute approximate surface area is 96.1 Å². The fourth-order valence-corrected chi connectivity index (χ4v) is 3.51. The summed E-state index contributed by atoms with van der Waals surface area (Å²) in [5.74, 6) is 0. The van der Waals surface area contributed by atoms with Crippen LogP contribution in [0, 0.1) is 0 Å². The van der Waals surface area contributed by atoms with Crippen molar-refractivity contribution in [1.82, 2.24) is 10.3 Å². The summed E-state index contributed by atoms with van der Waals surface area (Å²) in [6.07, 6.45) is 4.85. The van der Waals surface area contributed by atoms with E-state index in [0.717, 1.165) is 13.0 Å². The molecule has 0 saturated carbocycles. The van der Waals surface area contributed by atoms with Crippen LogP contribution < -0.4 is 5.32 Å². The molecule has 2 rings (SSSR count). The van der Waals surface area contributed by atoms with Gasteiger partial charge in [-0.15, -0.1) is 11.3 Å². The fraction of sp³-hybridized carbons (Fsp3) is 0.750. The minimum atomic E-state index is 0.0871. The van der Waals surface area contributed by atoms with E-state index in [9.17, 15) is 0 Å². The van der Waals surface area contributed by atoms with E-state index in [1.165, 1.54) is 34.8 Å². The maximum absolute atomic E-state index is 4.81. The Morgan fingerprint density at radius 1 is 1.40 bits per heavy atom. The van der Waals surface area contributed by atoms with E-state index in [4.69, 9.17) is 4.98 Å². The number of aromatic nitrogens is 1. The first-order chi connectivity index (χ1) is 7.19. The van der Waals surface area contributed by atoms with Gasteiger partial charge in [0.1, 0.15) is 5.01 Å². The van der Waals surface area contributed by atoms with Crippen LogP contribution in [0.3, 0.4) is 0 Å². The van der Waals surface area contributed by atoms with Gasteiger partial charge < -0.3 is 5.32 Å². The molecular weight excluding hydrogens is 204 g/mol. The molecule has 0 aromatic carbocycles. The van der Waals surface area contributed by atoms with E-state index in [-0.39, 0.29) is 5.54 Å². The van der Waals surface area contributed by atoms with Gasteiger partial charge in [-0.05, 0) is 39.2 Å². The van der Waals surface area contributed by atoms with Gasteiger partial charge >= 0.3 is 0 Å². The molecule has 0 saturated heterocycles. The molecule has 0 radical (unpaired) electrons.